The number of hydrogen-bond acceptors (Lipinski definition) is 10. The third-order valence-corrected chi connectivity index (χ3v) is 5.80. The van der Waals surface area contributed by atoms with Crippen LogP contribution in [0.1, 0.15) is 32.7 Å². The van der Waals surface area contributed by atoms with Gasteiger partial charge in [-0.05, 0) is 35.0 Å². The number of esters is 3. The van der Waals surface area contributed by atoms with Crippen molar-refractivity contribution in [2.75, 3.05) is 6.61 Å². The molecule has 0 N–H and O–H groups in total. The van der Waals surface area contributed by atoms with Gasteiger partial charge in [-0.25, -0.2) is 4.68 Å². The molecule has 190 valence electrons. The third-order valence-electron chi connectivity index (χ3n) is 5.30. The minimum Gasteiger partial charge on any atom is -0.487 e. The van der Waals surface area contributed by atoms with Crippen LogP contribution >= 0.6 is 15.9 Å². The third kappa shape index (κ3) is 6.18. The van der Waals surface area contributed by atoms with Gasteiger partial charge in [0.25, 0.3) is 0 Å². The molecule has 2 aromatic carbocycles. The zero-order valence-electron chi connectivity index (χ0n) is 19.8. The highest BCUT2D eigenvalue weighted by Gasteiger charge is 2.48. The van der Waals surface area contributed by atoms with E-state index in [1.165, 1.54) is 25.5 Å². The van der Waals surface area contributed by atoms with Gasteiger partial charge in [-0.3, -0.25) is 14.4 Å². The minimum atomic E-state index is -1.14. The molecular weight excluding hydrogens is 538 g/mol. The monoisotopic (exact) mass is 561 g/mol. The fourth-order valence-corrected chi connectivity index (χ4v) is 4.27. The lowest BCUT2D eigenvalue weighted by atomic mass is 10.0. The van der Waals surface area contributed by atoms with E-state index < -0.39 is 42.4 Å². The van der Waals surface area contributed by atoms with E-state index in [-0.39, 0.29) is 13.2 Å². The summed E-state index contributed by atoms with van der Waals surface area (Å²) in [5, 5.41) is 10.3. The molecule has 3 aromatic rings. The highest BCUT2D eigenvalue weighted by atomic mass is 79.9. The van der Waals surface area contributed by atoms with Gasteiger partial charge in [0.2, 0.25) is 0 Å². The molecule has 0 unspecified atom stereocenters. The number of fused-ring (bicyclic) bond motifs is 1. The lowest BCUT2D eigenvalue weighted by molar-refractivity contribution is -0.241. The predicted molar refractivity (Wildman–Crippen MR) is 128 cm³/mol. The summed E-state index contributed by atoms with van der Waals surface area (Å²) >= 11 is 3.46. The molecule has 4 rings (SSSR count). The molecule has 2 heterocycles. The van der Waals surface area contributed by atoms with Gasteiger partial charge in [0.05, 0.1) is 12.8 Å². The molecule has 11 nitrogen and oxygen atoms in total. The van der Waals surface area contributed by atoms with E-state index in [9.17, 15) is 14.4 Å². The molecule has 12 heteroatoms. The Morgan fingerprint density at radius 2 is 1.64 bits per heavy atom. The van der Waals surface area contributed by atoms with E-state index in [0.29, 0.717) is 11.4 Å². The van der Waals surface area contributed by atoms with E-state index in [2.05, 4.69) is 26.2 Å². The molecule has 1 aliphatic heterocycles. The smallest absolute Gasteiger partial charge is 0.303 e. The zero-order chi connectivity index (χ0) is 25.8. The highest BCUT2D eigenvalue weighted by molar-refractivity contribution is 9.10. The molecule has 4 atom stereocenters. The number of aromatic nitrogens is 3. The van der Waals surface area contributed by atoms with Gasteiger partial charge in [-0.15, -0.1) is 5.10 Å². The summed E-state index contributed by atoms with van der Waals surface area (Å²) in [7, 11) is 0. The van der Waals surface area contributed by atoms with Crippen molar-refractivity contribution in [2.45, 2.75) is 51.9 Å². The van der Waals surface area contributed by atoms with Crippen LogP contribution in [0.3, 0.4) is 0 Å². The number of hydrogen-bond donors (Lipinski definition) is 0. The maximum absolute atomic E-state index is 11.8. The average Bonchev–Trinajstić information content (AvgIpc) is 3.27. The number of ether oxygens (including phenoxy) is 5. The van der Waals surface area contributed by atoms with E-state index in [1.54, 1.807) is 6.20 Å². The van der Waals surface area contributed by atoms with Crippen LogP contribution < -0.4 is 4.74 Å². The summed E-state index contributed by atoms with van der Waals surface area (Å²) in [6, 6.07) is 11.7. The fourth-order valence-electron chi connectivity index (χ4n) is 3.90. The van der Waals surface area contributed by atoms with E-state index >= 15 is 0 Å². The first kappa shape index (κ1) is 25.6. The maximum atomic E-state index is 11.8. The van der Waals surface area contributed by atoms with Crippen LogP contribution in [0.15, 0.2) is 47.1 Å². The highest BCUT2D eigenvalue weighted by Crippen LogP contribution is 2.30. The van der Waals surface area contributed by atoms with Crippen molar-refractivity contribution in [3.8, 4) is 5.75 Å². The van der Waals surface area contributed by atoms with Crippen LogP contribution in [0.5, 0.6) is 5.75 Å². The summed E-state index contributed by atoms with van der Waals surface area (Å²) in [5.74, 6) is -1.21. The molecule has 1 fully saturated rings. The van der Waals surface area contributed by atoms with Gasteiger partial charge >= 0.3 is 17.9 Å². The molecule has 0 aliphatic carbocycles. The summed E-state index contributed by atoms with van der Waals surface area (Å²) in [6.07, 6.45) is -2.61. The topological polar surface area (TPSA) is 128 Å². The Morgan fingerprint density at radius 1 is 0.972 bits per heavy atom. The molecule has 1 aliphatic rings. The van der Waals surface area contributed by atoms with Gasteiger partial charge in [-0.2, -0.15) is 0 Å². The van der Waals surface area contributed by atoms with Crippen molar-refractivity contribution in [2.24, 2.45) is 0 Å². The molecule has 0 radical (unpaired) electrons. The second-order valence-electron chi connectivity index (χ2n) is 8.15. The lowest BCUT2D eigenvalue weighted by Crippen LogP contribution is -2.55. The predicted octanol–water partition coefficient (Wildman–Crippen LogP) is 3.10. The van der Waals surface area contributed by atoms with Crippen LogP contribution in [0.4, 0.5) is 0 Å². The second-order valence-corrected chi connectivity index (χ2v) is 9.07. The Hall–Kier alpha value is -3.51. The van der Waals surface area contributed by atoms with Crippen LogP contribution in [-0.2, 0) is 39.9 Å². The normalized spacial score (nSPS) is 21.6. The quantitative estimate of drug-likeness (QED) is 0.313. The molecular formula is C24H24BrN3O8. The zero-order valence-corrected chi connectivity index (χ0v) is 21.3. The number of carbonyl (C=O) groups excluding carboxylic acids is 3. The van der Waals surface area contributed by atoms with Crippen molar-refractivity contribution < 1.29 is 38.1 Å². The lowest BCUT2D eigenvalue weighted by Gasteiger charge is -2.40. The number of rotatable bonds is 7. The Bertz CT molecular complexity index is 1280. The Labute approximate surface area is 214 Å². The first-order valence-corrected chi connectivity index (χ1v) is 11.8. The van der Waals surface area contributed by atoms with Crippen molar-refractivity contribution in [1.82, 2.24) is 15.0 Å². The molecule has 36 heavy (non-hydrogen) atoms. The molecule has 0 amide bonds. The number of benzene rings is 2. The molecule has 0 spiro atoms. The van der Waals surface area contributed by atoms with Crippen LogP contribution in [0.2, 0.25) is 0 Å². The van der Waals surface area contributed by atoms with Gasteiger partial charge < -0.3 is 23.7 Å². The first-order valence-electron chi connectivity index (χ1n) is 11.1. The van der Waals surface area contributed by atoms with Gasteiger partial charge in [0, 0.05) is 25.2 Å². The van der Waals surface area contributed by atoms with E-state index in [0.717, 1.165) is 15.2 Å². The summed E-state index contributed by atoms with van der Waals surface area (Å²) in [6.45, 7) is 3.64. The van der Waals surface area contributed by atoms with Crippen molar-refractivity contribution in [3.63, 3.8) is 0 Å². The summed E-state index contributed by atoms with van der Waals surface area (Å²) in [5.41, 5.74) is 0.488. The van der Waals surface area contributed by atoms with Gasteiger partial charge in [0.15, 0.2) is 24.5 Å². The average molecular weight is 562 g/mol. The molecule has 0 saturated carbocycles. The number of carbonyl (C=O) groups is 3. The minimum absolute atomic E-state index is 0.112. The Balaban J connectivity index is 1.50. The Kier molecular flexibility index (Phi) is 7.85. The van der Waals surface area contributed by atoms with Gasteiger partial charge in [0.1, 0.15) is 18.1 Å². The number of halogens is 1. The largest absolute Gasteiger partial charge is 0.487 e. The SMILES string of the molecule is CC(=O)O[C@@H]1[C@@H](OC(C)=O)[C@H](OC(C)=O)CO[C@H]1n1cc(COc2ccc3cc(Br)ccc3c2)nn1. The molecule has 0 bridgehead atoms. The molecule has 1 aromatic heterocycles. The van der Waals surface area contributed by atoms with Crippen LogP contribution in [-0.4, -0.2) is 57.8 Å². The fraction of sp³-hybridized carbons (Fsp3) is 0.375. The van der Waals surface area contributed by atoms with Crippen molar-refractivity contribution >= 4 is 44.6 Å². The van der Waals surface area contributed by atoms with Gasteiger partial charge in [-0.1, -0.05) is 33.3 Å². The standard InChI is InChI=1S/C24H24BrN3O8/c1-13(29)34-21-12-33-24(23(36-15(3)31)22(21)35-14(2)30)28-10-19(26-27-28)11-32-20-7-5-16-8-18(25)6-4-17(16)9-20/h4-10,21-24H,11-12H2,1-3H3/t21-,22+,23-,24-/m1/s1. The first-order chi connectivity index (χ1) is 17.2. The van der Waals surface area contributed by atoms with E-state index in [1.807, 2.05) is 36.4 Å². The Morgan fingerprint density at radius 3 is 2.36 bits per heavy atom. The van der Waals surface area contributed by atoms with Crippen molar-refractivity contribution in [1.29, 1.82) is 0 Å². The second kappa shape index (κ2) is 11.0. The molecule has 1 saturated heterocycles. The summed E-state index contributed by atoms with van der Waals surface area (Å²) < 4.78 is 30.0. The summed E-state index contributed by atoms with van der Waals surface area (Å²) in [4.78, 5) is 35.1. The number of nitrogens with zero attached hydrogens (tertiary/aromatic N) is 3. The van der Waals surface area contributed by atoms with Crippen LogP contribution in [0.25, 0.3) is 10.8 Å². The van der Waals surface area contributed by atoms with E-state index in [4.69, 9.17) is 23.7 Å². The van der Waals surface area contributed by atoms with Crippen molar-refractivity contribution in [3.05, 3.63) is 52.8 Å². The van der Waals surface area contributed by atoms with Crippen LogP contribution in [0, 0.1) is 0 Å². The maximum Gasteiger partial charge on any atom is 0.303 e.